The van der Waals surface area contributed by atoms with Gasteiger partial charge in [0.1, 0.15) is 0 Å². The molecule has 0 aliphatic heterocycles. The molecule has 0 spiro atoms. The fourth-order valence-electron chi connectivity index (χ4n) is 3.68. The maximum atomic E-state index is 3.56. The molecule has 0 saturated heterocycles. The third-order valence-corrected chi connectivity index (χ3v) is 5.61. The fraction of sp³-hybridized carbons (Fsp3) is 0.556. The number of aryl methyl sites for hydroxylation is 2. The van der Waals surface area contributed by atoms with Gasteiger partial charge in [0.2, 0.25) is 0 Å². The van der Waals surface area contributed by atoms with Crippen molar-refractivity contribution in [3.8, 4) is 0 Å². The Morgan fingerprint density at radius 2 is 0.929 bits per heavy atom. The molecule has 0 aliphatic carbocycles. The average molecular weight is 380 g/mol. The minimum Gasteiger partial charge on any atom is -0.381 e. The van der Waals surface area contributed by atoms with Gasteiger partial charge in [-0.3, -0.25) is 0 Å². The molecule has 0 saturated carbocycles. The molecule has 1 nitrogen and oxygen atoms in total. The first-order chi connectivity index (χ1) is 13.8. The Hall–Kier alpha value is -1.76. The molecular weight excluding hydrogens is 338 g/mol. The lowest BCUT2D eigenvalue weighted by atomic mass is 10.0. The second-order valence-electron chi connectivity index (χ2n) is 8.20. The van der Waals surface area contributed by atoms with Crippen molar-refractivity contribution >= 4 is 5.69 Å². The van der Waals surface area contributed by atoms with Gasteiger partial charge in [0, 0.05) is 12.2 Å². The second-order valence-corrected chi connectivity index (χ2v) is 8.20. The lowest BCUT2D eigenvalue weighted by Gasteiger charge is -2.09. The summed E-state index contributed by atoms with van der Waals surface area (Å²) in [5.74, 6) is 0. The molecule has 0 fully saturated rings. The zero-order chi connectivity index (χ0) is 19.9. The zero-order valence-electron chi connectivity index (χ0n) is 18.3. The smallest absolute Gasteiger partial charge is 0.0400 e. The molecule has 0 unspecified atom stereocenters. The molecule has 1 N–H and O–H groups in total. The van der Waals surface area contributed by atoms with E-state index >= 15 is 0 Å². The number of anilines is 1. The summed E-state index contributed by atoms with van der Waals surface area (Å²) >= 11 is 0. The first-order valence-corrected chi connectivity index (χ1v) is 11.7. The van der Waals surface area contributed by atoms with Gasteiger partial charge in [0.25, 0.3) is 0 Å². The van der Waals surface area contributed by atoms with Crippen molar-refractivity contribution in [2.75, 3.05) is 5.32 Å². The summed E-state index contributed by atoms with van der Waals surface area (Å²) < 4.78 is 0. The molecule has 0 aliphatic rings. The zero-order valence-corrected chi connectivity index (χ0v) is 18.3. The Kier molecular flexibility index (Phi) is 11.5. The van der Waals surface area contributed by atoms with Crippen molar-refractivity contribution in [1.29, 1.82) is 0 Å². The Bertz CT molecular complexity index is 554. The first-order valence-electron chi connectivity index (χ1n) is 11.7. The summed E-state index contributed by atoms with van der Waals surface area (Å²) in [5.41, 5.74) is 5.51. The molecule has 2 aromatic carbocycles. The predicted octanol–water partition coefficient (Wildman–Crippen LogP) is 8.32. The fourth-order valence-corrected chi connectivity index (χ4v) is 3.68. The van der Waals surface area contributed by atoms with Crippen molar-refractivity contribution in [3.63, 3.8) is 0 Å². The molecule has 2 rings (SSSR count). The van der Waals surface area contributed by atoms with Gasteiger partial charge in [-0.15, -0.1) is 0 Å². The number of hydrogen-bond donors (Lipinski definition) is 1. The molecule has 0 heterocycles. The SMILES string of the molecule is CCCCCCCc1ccc(CNc2ccc(CCCCCCC)cc2)cc1. The minimum absolute atomic E-state index is 0.896. The highest BCUT2D eigenvalue weighted by Crippen LogP contribution is 2.15. The van der Waals surface area contributed by atoms with Gasteiger partial charge in [-0.05, 0) is 54.5 Å². The van der Waals surface area contributed by atoms with E-state index in [4.69, 9.17) is 0 Å². The van der Waals surface area contributed by atoms with Crippen LogP contribution in [-0.2, 0) is 19.4 Å². The van der Waals surface area contributed by atoms with Gasteiger partial charge in [-0.2, -0.15) is 0 Å². The molecule has 28 heavy (non-hydrogen) atoms. The van der Waals surface area contributed by atoms with E-state index in [2.05, 4.69) is 67.7 Å². The van der Waals surface area contributed by atoms with Crippen LogP contribution in [0.15, 0.2) is 48.5 Å². The average Bonchev–Trinajstić information content (AvgIpc) is 2.74. The van der Waals surface area contributed by atoms with Gasteiger partial charge >= 0.3 is 0 Å². The van der Waals surface area contributed by atoms with E-state index in [1.54, 1.807) is 0 Å². The quantitative estimate of drug-likeness (QED) is 0.307. The van der Waals surface area contributed by atoms with Gasteiger partial charge in [-0.25, -0.2) is 0 Å². The topological polar surface area (TPSA) is 12.0 Å². The molecule has 0 atom stereocenters. The summed E-state index contributed by atoms with van der Waals surface area (Å²) in [4.78, 5) is 0. The van der Waals surface area contributed by atoms with Crippen molar-refractivity contribution in [2.45, 2.75) is 97.4 Å². The van der Waals surface area contributed by atoms with Crippen molar-refractivity contribution in [1.82, 2.24) is 0 Å². The van der Waals surface area contributed by atoms with Crippen LogP contribution in [0.4, 0.5) is 5.69 Å². The van der Waals surface area contributed by atoms with Gasteiger partial charge in [-0.1, -0.05) is 102 Å². The summed E-state index contributed by atoms with van der Waals surface area (Å²) in [6.45, 7) is 5.44. The minimum atomic E-state index is 0.896. The van der Waals surface area contributed by atoms with Crippen molar-refractivity contribution < 1.29 is 0 Å². The van der Waals surface area contributed by atoms with Crippen molar-refractivity contribution in [2.24, 2.45) is 0 Å². The molecule has 0 bridgehead atoms. The third kappa shape index (κ3) is 9.44. The van der Waals surface area contributed by atoms with Crippen LogP contribution in [0.25, 0.3) is 0 Å². The van der Waals surface area contributed by atoms with Crippen LogP contribution >= 0.6 is 0 Å². The highest BCUT2D eigenvalue weighted by molar-refractivity contribution is 5.45. The monoisotopic (exact) mass is 379 g/mol. The molecule has 2 aromatic rings. The van der Waals surface area contributed by atoms with E-state index < -0.39 is 0 Å². The van der Waals surface area contributed by atoms with E-state index in [0.29, 0.717) is 0 Å². The second kappa shape index (κ2) is 14.3. The Morgan fingerprint density at radius 3 is 1.43 bits per heavy atom. The summed E-state index contributed by atoms with van der Waals surface area (Å²) in [7, 11) is 0. The van der Waals surface area contributed by atoms with E-state index in [0.717, 1.165) is 6.54 Å². The highest BCUT2D eigenvalue weighted by Gasteiger charge is 1.99. The lowest BCUT2D eigenvalue weighted by molar-refractivity contribution is 0.632. The van der Waals surface area contributed by atoms with Crippen LogP contribution in [0, 0.1) is 0 Å². The molecule has 1 heteroatoms. The standard InChI is InChI=1S/C27H41N/c1-3-5-7-9-11-13-24-15-17-26(18-16-24)23-28-27-21-19-25(20-22-27)14-12-10-8-6-4-2/h15-22,28H,3-14,23H2,1-2H3. The van der Waals surface area contributed by atoms with Crippen LogP contribution in [0.3, 0.4) is 0 Å². The number of unbranched alkanes of at least 4 members (excludes halogenated alkanes) is 8. The van der Waals surface area contributed by atoms with Gasteiger partial charge in [0.15, 0.2) is 0 Å². The summed E-state index contributed by atoms with van der Waals surface area (Å²) in [6.07, 6.45) is 16.0. The van der Waals surface area contributed by atoms with E-state index in [1.807, 2.05) is 0 Å². The summed E-state index contributed by atoms with van der Waals surface area (Å²) in [5, 5.41) is 3.56. The van der Waals surface area contributed by atoms with Crippen LogP contribution < -0.4 is 5.32 Å². The number of hydrogen-bond acceptors (Lipinski definition) is 1. The largest absolute Gasteiger partial charge is 0.381 e. The van der Waals surface area contributed by atoms with Crippen LogP contribution in [0.1, 0.15) is 94.7 Å². The third-order valence-electron chi connectivity index (χ3n) is 5.61. The first kappa shape index (κ1) is 22.5. The van der Waals surface area contributed by atoms with Crippen molar-refractivity contribution in [3.05, 3.63) is 65.2 Å². The molecule has 154 valence electrons. The van der Waals surface area contributed by atoms with Crippen LogP contribution in [-0.4, -0.2) is 0 Å². The normalized spacial score (nSPS) is 10.9. The lowest BCUT2D eigenvalue weighted by Crippen LogP contribution is -1.99. The molecule has 0 amide bonds. The van der Waals surface area contributed by atoms with Crippen LogP contribution in [0.2, 0.25) is 0 Å². The van der Waals surface area contributed by atoms with E-state index in [1.165, 1.54) is 99.4 Å². The predicted molar refractivity (Wildman–Crippen MR) is 125 cm³/mol. The Balaban J connectivity index is 1.66. The summed E-state index contributed by atoms with van der Waals surface area (Å²) in [6, 6.07) is 18.2. The van der Waals surface area contributed by atoms with Gasteiger partial charge in [0.05, 0.1) is 0 Å². The highest BCUT2D eigenvalue weighted by atomic mass is 14.9. The maximum Gasteiger partial charge on any atom is 0.0400 e. The van der Waals surface area contributed by atoms with Crippen LogP contribution in [0.5, 0.6) is 0 Å². The molecule has 0 radical (unpaired) electrons. The van der Waals surface area contributed by atoms with E-state index in [9.17, 15) is 0 Å². The van der Waals surface area contributed by atoms with E-state index in [-0.39, 0.29) is 0 Å². The maximum absolute atomic E-state index is 3.56. The number of rotatable bonds is 15. The van der Waals surface area contributed by atoms with Gasteiger partial charge < -0.3 is 5.32 Å². The Labute approximate surface area is 174 Å². The molecule has 0 aromatic heterocycles. The Morgan fingerprint density at radius 1 is 0.500 bits per heavy atom. The molecular formula is C27H41N. The number of nitrogens with one attached hydrogen (secondary N) is 1. The number of benzene rings is 2.